The van der Waals surface area contributed by atoms with Gasteiger partial charge in [-0.25, -0.2) is 0 Å². The molecule has 3 atom stereocenters. The largest absolute Gasteiger partial charge is 0.457 e. The Balaban J connectivity index is 1.95. The lowest BCUT2D eigenvalue weighted by Gasteiger charge is -2.50. The van der Waals surface area contributed by atoms with Crippen LogP contribution in [0, 0.1) is 0 Å². The molecule has 0 spiro atoms. The fourth-order valence-corrected chi connectivity index (χ4v) is 5.82. The monoisotopic (exact) mass is 509 g/mol. The number of nitrogens with zero attached hydrogens (tertiary/aromatic N) is 1. The molecular formula is C32H33BClNO2. The minimum atomic E-state index is -1.55. The van der Waals surface area contributed by atoms with Crippen LogP contribution in [0.3, 0.4) is 0 Å². The number of hydrogen-bond donors (Lipinski definition) is 2. The first-order valence-electron chi connectivity index (χ1n) is 12.6. The van der Waals surface area contributed by atoms with Gasteiger partial charge in [-0.3, -0.25) is 0 Å². The van der Waals surface area contributed by atoms with Crippen molar-refractivity contribution in [2.45, 2.75) is 37.2 Å². The van der Waals surface area contributed by atoms with Gasteiger partial charge >= 0.3 is 7.12 Å². The number of benzene rings is 4. The van der Waals surface area contributed by atoms with Gasteiger partial charge in [0.2, 0.25) is 0 Å². The first-order chi connectivity index (χ1) is 17.9. The van der Waals surface area contributed by atoms with E-state index in [0.717, 1.165) is 22.3 Å². The molecule has 188 valence electrons. The second-order valence-corrected chi connectivity index (χ2v) is 9.91. The fourth-order valence-electron chi connectivity index (χ4n) is 5.69. The van der Waals surface area contributed by atoms with E-state index >= 15 is 0 Å². The van der Waals surface area contributed by atoms with Crippen molar-refractivity contribution in [2.75, 3.05) is 0 Å². The lowest BCUT2D eigenvalue weighted by atomic mass is 9.59. The standard InChI is InChI=1S/C32H33BClNO2/c1-4-35(25(3)31(33(36)37)24(2)26-20-22-30(34)23-21-26)32(27-14-8-5-9-15-27,28-16-10-6-11-17-28)29-18-12-7-13-19-29/h4-25,31,36-37H,1H2,2-3H3. The van der Waals surface area contributed by atoms with Gasteiger partial charge in [0.25, 0.3) is 0 Å². The number of rotatable bonds is 10. The van der Waals surface area contributed by atoms with Crippen molar-refractivity contribution in [1.82, 2.24) is 4.90 Å². The first-order valence-corrected chi connectivity index (χ1v) is 13.0. The Kier molecular flexibility index (Phi) is 8.55. The molecule has 0 aliphatic carbocycles. The predicted molar refractivity (Wildman–Crippen MR) is 155 cm³/mol. The molecule has 3 nitrogen and oxygen atoms in total. The Morgan fingerprint density at radius 3 is 1.49 bits per heavy atom. The molecule has 4 aromatic rings. The Bertz CT molecular complexity index is 1170. The molecule has 0 bridgehead atoms. The minimum Gasteiger partial charge on any atom is -0.427 e. The van der Waals surface area contributed by atoms with E-state index < -0.39 is 18.5 Å². The first kappa shape index (κ1) is 26.7. The van der Waals surface area contributed by atoms with Gasteiger partial charge in [-0.2, -0.15) is 0 Å². The third-order valence-corrected chi connectivity index (χ3v) is 7.72. The molecular weight excluding hydrogens is 477 g/mol. The van der Waals surface area contributed by atoms with Crippen molar-refractivity contribution in [3.05, 3.63) is 155 Å². The average molecular weight is 510 g/mol. The highest BCUT2D eigenvalue weighted by molar-refractivity contribution is 6.43. The van der Waals surface area contributed by atoms with E-state index in [0.29, 0.717) is 5.02 Å². The van der Waals surface area contributed by atoms with E-state index in [9.17, 15) is 10.0 Å². The topological polar surface area (TPSA) is 43.7 Å². The summed E-state index contributed by atoms with van der Waals surface area (Å²) >= 11 is 6.14. The predicted octanol–water partition coefficient (Wildman–Crippen LogP) is 7.11. The minimum absolute atomic E-state index is 0.172. The van der Waals surface area contributed by atoms with Crippen LogP contribution in [-0.4, -0.2) is 28.1 Å². The molecule has 5 heteroatoms. The zero-order valence-corrected chi connectivity index (χ0v) is 22.0. The Morgan fingerprint density at radius 1 is 0.730 bits per heavy atom. The number of halogens is 1. The highest BCUT2D eigenvalue weighted by Crippen LogP contribution is 2.47. The average Bonchev–Trinajstić information content (AvgIpc) is 2.93. The third-order valence-electron chi connectivity index (χ3n) is 7.47. The van der Waals surface area contributed by atoms with E-state index in [1.807, 2.05) is 98.9 Å². The molecule has 4 aromatic carbocycles. The summed E-state index contributed by atoms with van der Waals surface area (Å²) in [7, 11) is -1.55. The molecule has 0 heterocycles. The highest BCUT2D eigenvalue weighted by Gasteiger charge is 2.47. The van der Waals surface area contributed by atoms with Crippen molar-refractivity contribution in [3.8, 4) is 0 Å². The van der Waals surface area contributed by atoms with Gasteiger partial charge in [0.1, 0.15) is 5.54 Å². The summed E-state index contributed by atoms with van der Waals surface area (Å²) < 4.78 is 0. The van der Waals surface area contributed by atoms with E-state index in [4.69, 9.17) is 11.6 Å². The quantitative estimate of drug-likeness (QED) is 0.177. The van der Waals surface area contributed by atoms with E-state index in [-0.39, 0.29) is 12.0 Å². The molecule has 2 N–H and O–H groups in total. The van der Waals surface area contributed by atoms with Crippen LogP contribution >= 0.6 is 11.6 Å². The van der Waals surface area contributed by atoms with E-state index in [1.165, 1.54) is 0 Å². The van der Waals surface area contributed by atoms with Crippen LogP contribution in [0.2, 0.25) is 10.8 Å². The molecule has 0 aliphatic heterocycles. The lowest BCUT2D eigenvalue weighted by molar-refractivity contribution is 0.152. The molecule has 0 saturated heterocycles. The summed E-state index contributed by atoms with van der Waals surface area (Å²) in [4.78, 5) is 2.18. The molecule has 0 amide bonds. The molecule has 0 saturated carbocycles. The van der Waals surface area contributed by atoms with Crippen molar-refractivity contribution in [1.29, 1.82) is 0 Å². The summed E-state index contributed by atoms with van der Waals surface area (Å²) in [5.41, 5.74) is 3.40. The maximum atomic E-state index is 10.8. The third kappa shape index (κ3) is 5.24. The summed E-state index contributed by atoms with van der Waals surface area (Å²) in [6, 6.07) is 38.2. The SMILES string of the molecule is C=CN(C(C)C(B(O)O)C(C)c1ccc(Cl)cc1)C(c1ccccc1)(c1ccccc1)c1ccccc1. The van der Waals surface area contributed by atoms with Crippen LogP contribution in [0.25, 0.3) is 0 Å². The maximum Gasteiger partial charge on any atom is 0.457 e. The maximum absolute atomic E-state index is 10.8. The van der Waals surface area contributed by atoms with Crippen molar-refractivity contribution >= 4 is 18.7 Å². The summed E-state index contributed by atoms with van der Waals surface area (Å²) in [5, 5.41) is 22.2. The Labute approximate surface area is 225 Å². The van der Waals surface area contributed by atoms with Gasteiger partial charge in [0.05, 0.1) is 0 Å². The normalized spacial score (nSPS) is 13.9. The molecule has 0 radical (unpaired) electrons. The summed E-state index contributed by atoms with van der Waals surface area (Å²) in [5.74, 6) is -0.704. The molecule has 0 fully saturated rings. The molecule has 0 aliphatic rings. The zero-order valence-electron chi connectivity index (χ0n) is 21.3. The van der Waals surface area contributed by atoms with Crippen molar-refractivity contribution in [3.63, 3.8) is 0 Å². The van der Waals surface area contributed by atoms with Crippen LogP contribution in [0.1, 0.15) is 42.0 Å². The van der Waals surface area contributed by atoms with Gasteiger partial charge in [0.15, 0.2) is 0 Å². The van der Waals surface area contributed by atoms with Crippen LogP contribution in [0.4, 0.5) is 0 Å². The van der Waals surface area contributed by atoms with Gasteiger partial charge in [-0.05, 0) is 53.4 Å². The Morgan fingerprint density at radius 2 is 1.14 bits per heavy atom. The second-order valence-electron chi connectivity index (χ2n) is 9.47. The molecule has 0 aromatic heterocycles. The fraction of sp³-hybridized carbons (Fsp3) is 0.188. The van der Waals surface area contributed by atoms with Crippen LogP contribution in [0.15, 0.2) is 128 Å². The number of hydrogen-bond acceptors (Lipinski definition) is 3. The summed E-state index contributed by atoms with van der Waals surface area (Å²) in [6.07, 6.45) is 1.83. The van der Waals surface area contributed by atoms with Crippen LogP contribution in [-0.2, 0) is 5.54 Å². The molecule has 3 unspecified atom stereocenters. The smallest absolute Gasteiger partial charge is 0.427 e. The van der Waals surface area contributed by atoms with Crippen LogP contribution < -0.4 is 0 Å². The van der Waals surface area contributed by atoms with Gasteiger partial charge in [-0.1, -0.05) is 128 Å². The van der Waals surface area contributed by atoms with Crippen molar-refractivity contribution < 1.29 is 10.0 Å². The zero-order chi connectivity index (χ0) is 26.4. The summed E-state index contributed by atoms with van der Waals surface area (Å²) in [6.45, 7) is 8.33. The van der Waals surface area contributed by atoms with Gasteiger partial charge in [-0.15, -0.1) is 0 Å². The highest BCUT2D eigenvalue weighted by atomic mass is 35.5. The second kappa shape index (κ2) is 11.8. The van der Waals surface area contributed by atoms with E-state index in [1.54, 1.807) is 0 Å². The molecule has 4 rings (SSSR count). The van der Waals surface area contributed by atoms with Gasteiger partial charge in [0, 0.05) is 16.9 Å². The van der Waals surface area contributed by atoms with Crippen LogP contribution in [0.5, 0.6) is 0 Å². The van der Waals surface area contributed by atoms with Gasteiger partial charge < -0.3 is 14.9 Å². The van der Waals surface area contributed by atoms with E-state index in [2.05, 4.69) is 47.9 Å². The lowest BCUT2D eigenvalue weighted by Crippen LogP contribution is -2.53. The Hall–Kier alpha value is -3.31. The molecule has 37 heavy (non-hydrogen) atoms. The van der Waals surface area contributed by atoms with Crippen molar-refractivity contribution in [2.24, 2.45) is 0 Å².